The first-order valence-electron chi connectivity index (χ1n) is 25.3. The van der Waals surface area contributed by atoms with Crippen LogP contribution in [0.4, 0.5) is 0 Å². The van der Waals surface area contributed by atoms with Crippen LogP contribution in [0.3, 0.4) is 0 Å². The summed E-state index contributed by atoms with van der Waals surface area (Å²) in [7, 11) is -10.7. The maximum atomic E-state index is 13.0. The van der Waals surface area contributed by atoms with Crippen LogP contribution in [-0.2, 0) is 41.8 Å². The molecule has 0 aromatic heterocycles. The molecule has 1 aliphatic rings. The molecule has 19 heteroatoms. The highest BCUT2D eigenvalue weighted by atomic mass is 31.2. The summed E-state index contributed by atoms with van der Waals surface area (Å²) in [6.45, 7) is 1.09. The first-order valence-corrected chi connectivity index (χ1v) is 28.3. The molecular formula is C49H88O17P2. The van der Waals surface area contributed by atoms with Gasteiger partial charge in [-0.15, -0.1) is 0 Å². The molecule has 0 amide bonds. The number of esters is 2. The van der Waals surface area contributed by atoms with Crippen molar-refractivity contribution in [3.05, 3.63) is 48.6 Å². The van der Waals surface area contributed by atoms with Gasteiger partial charge in [0.05, 0.1) is 6.61 Å². The Kier molecular flexibility index (Phi) is 38.1. The van der Waals surface area contributed by atoms with Crippen molar-refractivity contribution < 1.29 is 82.0 Å². The molecule has 68 heavy (non-hydrogen) atoms. The predicted molar refractivity (Wildman–Crippen MR) is 261 cm³/mol. The van der Waals surface area contributed by atoms with Crippen molar-refractivity contribution in [2.45, 2.75) is 229 Å². The second-order valence-corrected chi connectivity index (χ2v) is 20.2. The van der Waals surface area contributed by atoms with Crippen LogP contribution in [0.2, 0.25) is 0 Å². The molecule has 0 saturated heterocycles. The zero-order chi connectivity index (χ0) is 50.3. The van der Waals surface area contributed by atoms with Gasteiger partial charge in [0.25, 0.3) is 0 Å². The highest BCUT2D eigenvalue weighted by Gasteiger charge is 2.54. The molecule has 0 radical (unpaired) electrons. The number of allylic oxidation sites excluding steroid dienone is 8. The molecule has 1 aliphatic carbocycles. The van der Waals surface area contributed by atoms with E-state index in [1.165, 1.54) is 77.0 Å². The quantitative estimate of drug-likeness (QED) is 0.0122. The number of aliphatic hydroxyl groups excluding tert-OH is 5. The Morgan fingerprint density at radius 3 is 1.41 bits per heavy atom. The molecule has 0 aromatic rings. The number of unbranched alkanes of at least 4 members (excludes halogenated alkanes) is 20. The van der Waals surface area contributed by atoms with Gasteiger partial charge in [-0.1, -0.05) is 165 Å². The molecule has 1 fully saturated rings. The molecular weight excluding hydrogens is 922 g/mol. The zero-order valence-corrected chi connectivity index (χ0v) is 42.5. The van der Waals surface area contributed by atoms with Crippen molar-refractivity contribution in [2.75, 3.05) is 19.8 Å². The van der Waals surface area contributed by atoms with Crippen LogP contribution in [0.25, 0.3) is 0 Å². The summed E-state index contributed by atoms with van der Waals surface area (Å²) in [5.74, 6) is -1.28. The summed E-state index contributed by atoms with van der Waals surface area (Å²) in [5.41, 5.74) is 0. The van der Waals surface area contributed by atoms with Crippen LogP contribution in [0.5, 0.6) is 0 Å². The second-order valence-electron chi connectivity index (χ2n) is 17.6. The van der Waals surface area contributed by atoms with Gasteiger partial charge in [-0.3, -0.25) is 23.2 Å². The van der Waals surface area contributed by atoms with E-state index in [4.69, 9.17) is 23.6 Å². The van der Waals surface area contributed by atoms with Crippen molar-refractivity contribution in [3.8, 4) is 0 Å². The van der Waals surface area contributed by atoms with Gasteiger partial charge in [0, 0.05) is 19.4 Å². The number of phosphoric acid groups is 2. The summed E-state index contributed by atoms with van der Waals surface area (Å²) < 4.78 is 49.4. The third kappa shape index (κ3) is 34.3. The van der Waals surface area contributed by atoms with Gasteiger partial charge in [-0.25, -0.2) is 9.13 Å². The number of carbonyl (C=O) groups is 2. The van der Waals surface area contributed by atoms with Gasteiger partial charge in [-0.05, 0) is 57.8 Å². The van der Waals surface area contributed by atoms with Gasteiger partial charge in [0.2, 0.25) is 0 Å². The summed E-state index contributed by atoms with van der Waals surface area (Å²) in [4.78, 5) is 54.3. The number of hydrogen-bond acceptors (Lipinski definition) is 14. The van der Waals surface area contributed by atoms with E-state index in [0.29, 0.717) is 25.7 Å². The molecule has 1 saturated carbocycles. The number of hydrogen-bond donors (Lipinski definition) is 8. The van der Waals surface area contributed by atoms with E-state index in [1.807, 2.05) is 18.2 Å². The zero-order valence-electron chi connectivity index (χ0n) is 40.7. The lowest BCUT2D eigenvalue weighted by Gasteiger charge is -2.43. The molecule has 0 heterocycles. The minimum atomic E-state index is -5.37. The average Bonchev–Trinajstić information content (AvgIpc) is 3.29. The number of carbonyl (C=O) groups excluding carboxylic acids is 2. The molecule has 8 atom stereocenters. The Balaban J connectivity index is 2.59. The highest BCUT2D eigenvalue weighted by Crippen LogP contribution is 2.49. The SMILES string of the molecule is CCCCCCCCCCCCCCCCCCCC(=O)OC[C@H](COP(=O)(O)O[C@H]1C(O)C(O)C(O)[C@@H](OP(=O)(O)O)C1O)OC(=O)CCC/C=C\C/C=C\C/C=C\C/C=C\CCCCCO. The average molecular weight is 1010 g/mol. The molecule has 0 aromatic carbocycles. The van der Waals surface area contributed by atoms with E-state index in [1.54, 1.807) is 0 Å². The van der Waals surface area contributed by atoms with Gasteiger partial charge in [0.15, 0.2) is 6.10 Å². The van der Waals surface area contributed by atoms with E-state index in [2.05, 4.69) is 41.8 Å². The molecule has 0 spiro atoms. The van der Waals surface area contributed by atoms with Gasteiger partial charge in [-0.2, -0.15) is 0 Å². The van der Waals surface area contributed by atoms with E-state index in [-0.39, 0.29) is 19.4 Å². The number of phosphoric ester groups is 2. The van der Waals surface area contributed by atoms with Crippen LogP contribution >= 0.6 is 15.6 Å². The molecule has 1 rings (SSSR count). The molecule has 0 aliphatic heterocycles. The second kappa shape index (κ2) is 40.5. The fourth-order valence-corrected chi connectivity index (χ4v) is 9.07. The number of ether oxygens (including phenoxy) is 2. The topological polar surface area (TPSA) is 276 Å². The van der Waals surface area contributed by atoms with Crippen molar-refractivity contribution >= 4 is 27.6 Å². The highest BCUT2D eigenvalue weighted by molar-refractivity contribution is 7.47. The van der Waals surface area contributed by atoms with Gasteiger partial charge < -0.3 is 49.7 Å². The van der Waals surface area contributed by atoms with Crippen LogP contribution in [0.15, 0.2) is 48.6 Å². The first kappa shape index (κ1) is 63.9. The Hall–Kier alpha value is -2.08. The lowest BCUT2D eigenvalue weighted by atomic mass is 9.85. The summed E-state index contributed by atoms with van der Waals surface area (Å²) in [5, 5.41) is 50.1. The lowest BCUT2D eigenvalue weighted by Crippen LogP contribution is -2.64. The Morgan fingerprint density at radius 1 is 0.500 bits per heavy atom. The third-order valence-electron chi connectivity index (χ3n) is 11.5. The normalized spacial score (nSPS) is 21.6. The van der Waals surface area contributed by atoms with Crippen molar-refractivity contribution in [1.82, 2.24) is 0 Å². The third-order valence-corrected chi connectivity index (χ3v) is 13.0. The van der Waals surface area contributed by atoms with Gasteiger partial charge in [0.1, 0.15) is 43.2 Å². The lowest BCUT2D eigenvalue weighted by molar-refractivity contribution is -0.216. The summed E-state index contributed by atoms with van der Waals surface area (Å²) >= 11 is 0. The van der Waals surface area contributed by atoms with E-state index >= 15 is 0 Å². The minimum absolute atomic E-state index is 0.0410. The monoisotopic (exact) mass is 1010 g/mol. The fraction of sp³-hybridized carbons (Fsp3) is 0.796. The van der Waals surface area contributed by atoms with Crippen LogP contribution in [0, 0.1) is 0 Å². The van der Waals surface area contributed by atoms with Crippen molar-refractivity contribution in [1.29, 1.82) is 0 Å². The van der Waals surface area contributed by atoms with Crippen molar-refractivity contribution in [2.24, 2.45) is 0 Å². The Bertz CT molecular complexity index is 1500. The van der Waals surface area contributed by atoms with E-state index in [0.717, 1.165) is 64.2 Å². The summed E-state index contributed by atoms with van der Waals surface area (Å²) in [6.07, 6.45) is 29.4. The maximum absolute atomic E-state index is 13.0. The summed E-state index contributed by atoms with van der Waals surface area (Å²) in [6, 6.07) is 0. The van der Waals surface area contributed by atoms with Crippen molar-refractivity contribution in [3.63, 3.8) is 0 Å². The molecule has 0 bridgehead atoms. The number of aliphatic hydroxyl groups is 5. The van der Waals surface area contributed by atoms with E-state index in [9.17, 15) is 53.8 Å². The number of rotatable bonds is 43. The van der Waals surface area contributed by atoms with Gasteiger partial charge >= 0.3 is 27.6 Å². The standard InChI is InChI=1S/C49H88O17P2/c1-2-3-4-5-6-7-8-9-10-12-15-18-21-24-27-30-33-36-42(51)62-39-41(40-63-68(60,61)66-49-46(55)44(53)45(54)48(47(49)56)65-67(57,58)59)64-43(52)37-34-31-28-25-22-19-16-13-11-14-17-20-23-26-29-32-35-38-50/h11,14,16,19-20,23,25,28,41,44-50,53-56H,2-10,12-13,15,17-18,21-22,24,26-27,29-40H2,1H3,(H,60,61)(H2,57,58,59)/b14-11-,19-16-,23-20-,28-25-/t41-,44?,45?,46?,47?,48-,49+/m1/s1. The Labute approximate surface area is 406 Å². The van der Waals surface area contributed by atoms with Crippen LogP contribution < -0.4 is 0 Å². The van der Waals surface area contributed by atoms with Crippen LogP contribution in [0.1, 0.15) is 187 Å². The first-order chi connectivity index (χ1) is 32.6. The van der Waals surface area contributed by atoms with E-state index < -0.39 is 83.5 Å². The molecule has 17 nitrogen and oxygen atoms in total. The van der Waals surface area contributed by atoms with Crippen LogP contribution in [-0.4, -0.2) is 115 Å². The largest absolute Gasteiger partial charge is 0.472 e. The minimum Gasteiger partial charge on any atom is -0.462 e. The molecule has 8 N–H and O–H groups in total. The maximum Gasteiger partial charge on any atom is 0.472 e. The molecule has 5 unspecified atom stereocenters. The fourth-order valence-electron chi connectivity index (χ4n) is 7.53. The molecule has 396 valence electrons. The predicted octanol–water partition coefficient (Wildman–Crippen LogP) is 9.04. The Morgan fingerprint density at radius 2 is 0.926 bits per heavy atom. The smallest absolute Gasteiger partial charge is 0.462 e.